The van der Waals surface area contributed by atoms with Crippen LogP contribution in [-0.4, -0.2) is 28.0 Å². The molecule has 0 spiro atoms. The van der Waals surface area contributed by atoms with Gasteiger partial charge in [0.1, 0.15) is 11.2 Å². The van der Waals surface area contributed by atoms with Crippen LogP contribution in [0.1, 0.15) is 67.9 Å². The molecule has 1 aliphatic carbocycles. The molecular formula is C31H34N2O4. The van der Waals surface area contributed by atoms with E-state index in [0.29, 0.717) is 22.8 Å². The number of amides is 1. The quantitative estimate of drug-likeness (QED) is 0.296. The smallest absolute Gasteiger partial charge is 0.337 e. The molecule has 2 heterocycles. The number of aryl methyl sites for hydroxylation is 2. The third kappa shape index (κ3) is 5.10. The number of benzene rings is 2. The lowest BCUT2D eigenvalue weighted by Crippen LogP contribution is -2.42. The van der Waals surface area contributed by atoms with E-state index >= 15 is 0 Å². The molecule has 0 bridgehead atoms. The SMILES string of the molecule is CC1CCC(C(=O)N(c2cc3c(cc2C(=O)O)oc2ccc(CCc4cccnc4)cc23)C(C)C)CC1. The first kappa shape index (κ1) is 25.0. The molecule has 6 heteroatoms. The number of nitrogens with zero attached hydrogens (tertiary/aromatic N) is 2. The van der Waals surface area contributed by atoms with Crippen LogP contribution in [0.5, 0.6) is 0 Å². The Bertz CT molecular complexity index is 1430. The molecule has 1 amide bonds. The molecule has 5 rings (SSSR count). The molecule has 6 nitrogen and oxygen atoms in total. The fourth-order valence-corrected chi connectivity index (χ4v) is 5.57. The first-order valence-corrected chi connectivity index (χ1v) is 13.3. The maximum Gasteiger partial charge on any atom is 0.337 e. The van der Waals surface area contributed by atoms with Crippen molar-refractivity contribution in [1.29, 1.82) is 0 Å². The van der Waals surface area contributed by atoms with Crippen molar-refractivity contribution in [2.45, 2.75) is 65.3 Å². The summed E-state index contributed by atoms with van der Waals surface area (Å²) in [6, 6.07) is 13.4. The molecule has 1 saturated carbocycles. The van der Waals surface area contributed by atoms with Crippen LogP contribution < -0.4 is 4.90 Å². The van der Waals surface area contributed by atoms with Gasteiger partial charge in [0.15, 0.2) is 0 Å². The van der Waals surface area contributed by atoms with Crippen LogP contribution in [0.15, 0.2) is 59.3 Å². The number of fused-ring (bicyclic) bond motifs is 3. The van der Waals surface area contributed by atoms with Crippen molar-refractivity contribution in [3.05, 3.63) is 71.5 Å². The van der Waals surface area contributed by atoms with Crippen molar-refractivity contribution in [3.8, 4) is 0 Å². The van der Waals surface area contributed by atoms with Crippen LogP contribution in [0.4, 0.5) is 5.69 Å². The predicted octanol–water partition coefficient (Wildman–Crippen LogP) is 7.03. The summed E-state index contributed by atoms with van der Waals surface area (Å²) in [7, 11) is 0. The predicted molar refractivity (Wildman–Crippen MR) is 146 cm³/mol. The van der Waals surface area contributed by atoms with Gasteiger partial charge in [-0.05, 0) is 99.7 Å². The van der Waals surface area contributed by atoms with Gasteiger partial charge < -0.3 is 14.4 Å². The Morgan fingerprint density at radius 1 is 1.00 bits per heavy atom. The number of anilines is 1. The van der Waals surface area contributed by atoms with Gasteiger partial charge in [-0.1, -0.05) is 19.1 Å². The number of carboxylic acids is 1. The van der Waals surface area contributed by atoms with Crippen LogP contribution in [0.3, 0.4) is 0 Å². The van der Waals surface area contributed by atoms with E-state index in [2.05, 4.69) is 24.0 Å². The van der Waals surface area contributed by atoms with E-state index in [0.717, 1.165) is 54.9 Å². The second kappa shape index (κ2) is 10.4. The summed E-state index contributed by atoms with van der Waals surface area (Å²) in [5.41, 5.74) is 4.10. The number of aromatic carboxylic acids is 1. The molecule has 1 fully saturated rings. The van der Waals surface area contributed by atoms with E-state index < -0.39 is 5.97 Å². The number of hydrogen-bond acceptors (Lipinski definition) is 4. The van der Waals surface area contributed by atoms with Crippen molar-refractivity contribution < 1.29 is 19.1 Å². The topological polar surface area (TPSA) is 83.6 Å². The zero-order valence-electron chi connectivity index (χ0n) is 21.7. The maximum atomic E-state index is 13.7. The van der Waals surface area contributed by atoms with E-state index in [9.17, 15) is 14.7 Å². The van der Waals surface area contributed by atoms with Gasteiger partial charge in [-0.2, -0.15) is 0 Å². The molecule has 0 unspecified atom stereocenters. The number of furan rings is 1. The highest BCUT2D eigenvalue weighted by Gasteiger charge is 2.33. The van der Waals surface area contributed by atoms with E-state index in [-0.39, 0.29) is 23.4 Å². The summed E-state index contributed by atoms with van der Waals surface area (Å²) in [6.07, 6.45) is 9.14. The van der Waals surface area contributed by atoms with E-state index in [1.54, 1.807) is 17.2 Å². The summed E-state index contributed by atoms with van der Waals surface area (Å²) < 4.78 is 6.07. The average molecular weight is 499 g/mol. The normalized spacial score (nSPS) is 17.9. The molecule has 192 valence electrons. The summed E-state index contributed by atoms with van der Waals surface area (Å²) >= 11 is 0. The Balaban J connectivity index is 1.55. The zero-order valence-corrected chi connectivity index (χ0v) is 21.7. The molecule has 1 aliphatic rings. The summed E-state index contributed by atoms with van der Waals surface area (Å²) in [6.45, 7) is 6.12. The van der Waals surface area contributed by atoms with Crippen molar-refractivity contribution in [1.82, 2.24) is 4.98 Å². The second-order valence-corrected chi connectivity index (χ2v) is 10.7. The summed E-state index contributed by atoms with van der Waals surface area (Å²) in [5, 5.41) is 11.9. The molecule has 0 aliphatic heterocycles. The minimum atomic E-state index is -1.06. The van der Waals surface area contributed by atoms with Crippen molar-refractivity contribution in [2.75, 3.05) is 4.90 Å². The Hall–Kier alpha value is -3.67. The number of carbonyl (C=O) groups is 2. The number of carboxylic acid groups (broad SMARTS) is 1. The van der Waals surface area contributed by atoms with Gasteiger partial charge in [-0.3, -0.25) is 9.78 Å². The first-order valence-electron chi connectivity index (χ1n) is 13.3. The van der Waals surface area contributed by atoms with E-state index in [1.165, 1.54) is 5.56 Å². The Kier molecular flexibility index (Phi) is 7.00. The maximum absolute atomic E-state index is 13.7. The zero-order chi connectivity index (χ0) is 26.1. The number of rotatable bonds is 7. The standard InChI is InChI=1S/C31H34N2O4/c1-19(2)33(30(34)23-11-6-20(3)7-12-23)27-16-25-24-15-21(8-9-22-5-4-14-32-18-22)10-13-28(24)37-29(25)17-26(27)31(35)36/h4-5,10,13-20,23H,6-9,11-12H2,1-3H3,(H,35,36). The lowest BCUT2D eigenvalue weighted by Gasteiger charge is -2.34. The Morgan fingerprint density at radius 3 is 2.41 bits per heavy atom. The number of hydrogen-bond donors (Lipinski definition) is 1. The molecule has 2 aromatic carbocycles. The lowest BCUT2D eigenvalue weighted by molar-refractivity contribution is -0.123. The molecule has 0 radical (unpaired) electrons. The van der Waals surface area contributed by atoms with Crippen LogP contribution in [-0.2, 0) is 17.6 Å². The van der Waals surface area contributed by atoms with Gasteiger partial charge in [0.25, 0.3) is 0 Å². The third-order valence-corrected chi connectivity index (χ3v) is 7.69. The van der Waals surface area contributed by atoms with Gasteiger partial charge in [0.05, 0.1) is 11.3 Å². The van der Waals surface area contributed by atoms with Crippen LogP contribution in [0, 0.1) is 11.8 Å². The molecular weight excluding hydrogens is 464 g/mol. The first-order chi connectivity index (χ1) is 17.8. The summed E-state index contributed by atoms with van der Waals surface area (Å²) in [4.78, 5) is 32.0. The van der Waals surface area contributed by atoms with Gasteiger partial charge in [-0.25, -0.2) is 4.79 Å². The molecule has 2 aromatic heterocycles. The molecule has 1 N–H and O–H groups in total. The van der Waals surface area contributed by atoms with Gasteiger partial charge in [0.2, 0.25) is 5.91 Å². The second-order valence-electron chi connectivity index (χ2n) is 10.7. The fourth-order valence-electron chi connectivity index (χ4n) is 5.57. The minimum absolute atomic E-state index is 0.0220. The van der Waals surface area contributed by atoms with Crippen LogP contribution >= 0.6 is 0 Å². The van der Waals surface area contributed by atoms with Gasteiger partial charge >= 0.3 is 5.97 Å². The number of carbonyl (C=O) groups excluding carboxylic acids is 1. The van der Waals surface area contributed by atoms with Gasteiger partial charge in [-0.15, -0.1) is 0 Å². The van der Waals surface area contributed by atoms with Gasteiger partial charge in [0, 0.05) is 35.1 Å². The summed E-state index contributed by atoms with van der Waals surface area (Å²) in [5.74, 6) is -0.484. The molecule has 37 heavy (non-hydrogen) atoms. The largest absolute Gasteiger partial charge is 0.478 e. The fraction of sp³-hybridized carbons (Fsp3) is 0.387. The van der Waals surface area contributed by atoms with Crippen molar-refractivity contribution >= 4 is 39.5 Å². The third-order valence-electron chi connectivity index (χ3n) is 7.69. The Labute approximate surface area is 217 Å². The highest BCUT2D eigenvalue weighted by molar-refractivity contribution is 6.12. The minimum Gasteiger partial charge on any atom is -0.478 e. The van der Waals surface area contributed by atoms with Crippen molar-refractivity contribution in [3.63, 3.8) is 0 Å². The Morgan fingerprint density at radius 2 is 1.73 bits per heavy atom. The van der Waals surface area contributed by atoms with Crippen LogP contribution in [0.2, 0.25) is 0 Å². The highest BCUT2D eigenvalue weighted by Crippen LogP contribution is 2.38. The highest BCUT2D eigenvalue weighted by atomic mass is 16.4. The molecule has 0 atom stereocenters. The number of aromatic nitrogens is 1. The average Bonchev–Trinajstić information content (AvgIpc) is 3.24. The number of pyridine rings is 1. The van der Waals surface area contributed by atoms with Crippen LogP contribution in [0.25, 0.3) is 21.9 Å². The monoisotopic (exact) mass is 498 g/mol. The van der Waals surface area contributed by atoms with Crippen molar-refractivity contribution in [2.24, 2.45) is 11.8 Å². The lowest BCUT2D eigenvalue weighted by atomic mass is 9.82. The van der Waals surface area contributed by atoms with E-state index in [4.69, 9.17) is 4.42 Å². The molecule has 0 saturated heterocycles. The molecule has 4 aromatic rings. The van der Waals surface area contributed by atoms with E-state index in [1.807, 2.05) is 44.3 Å².